The first kappa shape index (κ1) is 8.97. The number of aliphatic hydroxyl groups excluding tert-OH is 1. The number of aliphatic hydroxyl groups is 1. The van der Waals surface area contributed by atoms with Gasteiger partial charge in [-0.05, 0) is 12.8 Å². The molecule has 0 aromatic carbocycles. The first-order valence-corrected chi connectivity index (χ1v) is 4.83. The van der Waals surface area contributed by atoms with Crippen LogP contribution in [0.3, 0.4) is 0 Å². The lowest BCUT2D eigenvalue weighted by molar-refractivity contribution is -0.128. The van der Waals surface area contributed by atoms with Crippen LogP contribution in [-0.4, -0.2) is 36.4 Å². The second kappa shape index (κ2) is 3.64. The van der Waals surface area contributed by atoms with Gasteiger partial charge in [0.25, 0.3) is 0 Å². The van der Waals surface area contributed by atoms with Gasteiger partial charge in [0.05, 0.1) is 25.4 Å². The van der Waals surface area contributed by atoms with E-state index in [0.717, 1.165) is 19.3 Å². The normalized spacial score (nSPS) is 34.2. The van der Waals surface area contributed by atoms with Crippen LogP contribution in [0.15, 0.2) is 0 Å². The Hall–Kier alpha value is -0.610. The summed E-state index contributed by atoms with van der Waals surface area (Å²) in [5.74, 6) is 0.272. The van der Waals surface area contributed by atoms with E-state index in [1.807, 2.05) is 0 Å². The Morgan fingerprint density at radius 2 is 2.15 bits per heavy atom. The zero-order valence-electron chi connectivity index (χ0n) is 7.53. The molecule has 0 aromatic heterocycles. The van der Waals surface area contributed by atoms with Crippen molar-refractivity contribution in [1.29, 1.82) is 0 Å². The predicted octanol–water partition coefficient (Wildman–Crippen LogP) is -0.338. The number of amides is 1. The van der Waals surface area contributed by atoms with E-state index in [9.17, 15) is 9.90 Å². The molecule has 1 aliphatic heterocycles. The number of carbonyl (C=O) groups excluding carboxylic acids is 1. The van der Waals surface area contributed by atoms with Crippen molar-refractivity contribution >= 4 is 5.91 Å². The van der Waals surface area contributed by atoms with Gasteiger partial charge >= 0.3 is 0 Å². The summed E-state index contributed by atoms with van der Waals surface area (Å²) in [6.07, 6.45) is 2.62. The van der Waals surface area contributed by atoms with Crippen LogP contribution in [0.5, 0.6) is 0 Å². The van der Waals surface area contributed by atoms with E-state index in [1.54, 1.807) is 0 Å². The molecule has 0 unspecified atom stereocenters. The standard InChI is InChI=1S/C9H15NO3/c11-8-5-13-4-7(8)10-9(12)6-2-1-3-6/h6-8,11H,1-5H2,(H,10,12)/t7-,8-/m1/s1. The monoisotopic (exact) mass is 185 g/mol. The maximum absolute atomic E-state index is 11.4. The summed E-state index contributed by atoms with van der Waals surface area (Å²) in [5, 5.41) is 12.2. The minimum absolute atomic E-state index is 0.0841. The lowest BCUT2D eigenvalue weighted by Gasteiger charge is -2.26. The summed E-state index contributed by atoms with van der Waals surface area (Å²) < 4.78 is 5.04. The Balaban J connectivity index is 1.79. The van der Waals surface area contributed by atoms with Crippen LogP contribution < -0.4 is 5.32 Å². The van der Waals surface area contributed by atoms with E-state index in [1.165, 1.54) is 0 Å². The van der Waals surface area contributed by atoms with Crippen molar-refractivity contribution in [3.05, 3.63) is 0 Å². The van der Waals surface area contributed by atoms with Crippen LogP contribution in [0.2, 0.25) is 0 Å². The van der Waals surface area contributed by atoms with Gasteiger partial charge in [0, 0.05) is 5.92 Å². The smallest absolute Gasteiger partial charge is 0.223 e. The summed E-state index contributed by atoms with van der Waals surface area (Å²) in [5.41, 5.74) is 0. The fourth-order valence-corrected chi connectivity index (χ4v) is 1.65. The fourth-order valence-electron chi connectivity index (χ4n) is 1.65. The van der Waals surface area contributed by atoms with Crippen molar-refractivity contribution in [2.45, 2.75) is 31.4 Å². The van der Waals surface area contributed by atoms with Gasteiger partial charge in [0.15, 0.2) is 0 Å². The Morgan fingerprint density at radius 3 is 2.62 bits per heavy atom. The number of rotatable bonds is 2. The van der Waals surface area contributed by atoms with Crippen molar-refractivity contribution in [2.75, 3.05) is 13.2 Å². The molecule has 1 heterocycles. The molecule has 2 aliphatic rings. The molecule has 13 heavy (non-hydrogen) atoms. The lowest BCUT2D eigenvalue weighted by Crippen LogP contribution is -2.46. The molecule has 1 aliphatic carbocycles. The van der Waals surface area contributed by atoms with E-state index in [-0.39, 0.29) is 17.9 Å². The highest BCUT2D eigenvalue weighted by atomic mass is 16.5. The van der Waals surface area contributed by atoms with Gasteiger partial charge in [-0.3, -0.25) is 4.79 Å². The molecule has 0 radical (unpaired) electrons. The second-order valence-corrected chi connectivity index (χ2v) is 3.85. The van der Waals surface area contributed by atoms with Crippen LogP contribution in [0, 0.1) is 5.92 Å². The SMILES string of the molecule is O=C(N[C@@H]1COC[C@H]1O)C1CCC1. The average molecular weight is 185 g/mol. The van der Waals surface area contributed by atoms with Crippen molar-refractivity contribution in [3.63, 3.8) is 0 Å². The van der Waals surface area contributed by atoms with Gasteiger partial charge in [0.1, 0.15) is 0 Å². The Kier molecular flexibility index (Phi) is 2.51. The van der Waals surface area contributed by atoms with Crippen LogP contribution in [0.4, 0.5) is 0 Å². The molecule has 74 valence electrons. The van der Waals surface area contributed by atoms with Crippen molar-refractivity contribution in [3.8, 4) is 0 Å². The minimum atomic E-state index is -0.524. The molecule has 4 nitrogen and oxygen atoms in total. The number of nitrogens with one attached hydrogen (secondary N) is 1. The summed E-state index contributed by atoms with van der Waals surface area (Å²) in [6, 6.07) is -0.187. The van der Waals surface area contributed by atoms with Gasteiger partial charge in [-0.1, -0.05) is 6.42 Å². The number of ether oxygens (including phenoxy) is 1. The van der Waals surface area contributed by atoms with Gasteiger partial charge < -0.3 is 15.2 Å². The zero-order valence-corrected chi connectivity index (χ0v) is 7.53. The molecule has 0 bridgehead atoms. The van der Waals surface area contributed by atoms with E-state index in [2.05, 4.69) is 5.32 Å². The molecule has 4 heteroatoms. The molecule has 1 saturated carbocycles. The third-order valence-corrected chi connectivity index (χ3v) is 2.85. The second-order valence-electron chi connectivity index (χ2n) is 3.85. The van der Waals surface area contributed by atoms with Crippen LogP contribution >= 0.6 is 0 Å². The predicted molar refractivity (Wildman–Crippen MR) is 46.1 cm³/mol. The Morgan fingerprint density at radius 1 is 1.38 bits per heavy atom. The van der Waals surface area contributed by atoms with Crippen molar-refractivity contribution < 1.29 is 14.6 Å². The van der Waals surface area contributed by atoms with Gasteiger partial charge in [-0.25, -0.2) is 0 Å². The van der Waals surface area contributed by atoms with E-state index in [0.29, 0.717) is 13.2 Å². The third kappa shape index (κ3) is 1.84. The first-order valence-electron chi connectivity index (χ1n) is 4.83. The largest absolute Gasteiger partial charge is 0.388 e. The van der Waals surface area contributed by atoms with E-state index >= 15 is 0 Å². The molecule has 2 N–H and O–H groups in total. The molecule has 2 fully saturated rings. The zero-order chi connectivity index (χ0) is 9.26. The Labute approximate surface area is 77.3 Å². The highest BCUT2D eigenvalue weighted by molar-refractivity contribution is 5.79. The number of hydrogen-bond donors (Lipinski definition) is 2. The van der Waals surface area contributed by atoms with Gasteiger partial charge in [-0.2, -0.15) is 0 Å². The Bertz CT molecular complexity index is 203. The maximum atomic E-state index is 11.4. The molecule has 1 amide bonds. The van der Waals surface area contributed by atoms with Crippen LogP contribution in [0.25, 0.3) is 0 Å². The third-order valence-electron chi connectivity index (χ3n) is 2.85. The van der Waals surface area contributed by atoms with Crippen LogP contribution in [-0.2, 0) is 9.53 Å². The summed E-state index contributed by atoms with van der Waals surface area (Å²) in [6.45, 7) is 0.787. The quantitative estimate of drug-likeness (QED) is 0.619. The van der Waals surface area contributed by atoms with Crippen molar-refractivity contribution in [1.82, 2.24) is 5.32 Å². The highest BCUT2D eigenvalue weighted by Gasteiger charge is 2.31. The fraction of sp³-hybridized carbons (Fsp3) is 0.889. The van der Waals surface area contributed by atoms with Gasteiger partial charge in [0.2, 0.25) is 5.91 Å². The van der Waals surface area contributed by atoms with Crippen molar-refractivity contribution in [2.24, 2.45) is 5.92 Å². The molecule has 2 rings (SSSR count). The number of hydrogen-bond acceptors (Lipinski definition) is 3. The minimum Gasteiger partial charge on any atom is -0.388 e. The maximum Gasteiger partial charge on any atom is 0.223 e. The highest BCUT2D eigenvalue weighted by Crippen LogP contribution is 2.26. The summed E-state index contributed by atoms with van der Waals surface area (Å²) >= 11 is 0. The summed E-state index contributed by atoms with van der Waals surface area (Å²) in [4.78, 5) is 11.4. The molecular formula is C9H15NO3. The number of carbonyl (C=O) groups is 1. The topological polar surface area (TPSA) is 58.6 Å². The molecule has 0 spiro atoms. The average Bonchev–Trinajstić information content (AvgIpc) is 2.32. The molecule has 0 aromatic rings. The molecule has 2 atom stereocenters. The summed E-state index contributed by atoms with van der Waals surface area (Å²) in [7, 11) is 0. The van der Waals surface area contributed by atoms with Gasteiger partial charge in [-0.15, -0.1) is 0 Å². The lowest BCUT2D eigenvalue weighted by atomic mass is 9.84. The van der Waals surface area contributed by atoms with E-state index in [4.69, 9.17) is 4.74 Å². The van der Waals surface area contributed by atoms with Crippen LogP contribution in [0.1, 0.15) is 19.3 Å². The molecule has 1 saturated heterocycles. The molecular weight excluding hydrogens is 170 g/mol. The van der Waals surface area contributed by atoms with E-state index < -0.39 is 6.10 Å². The first-order chi connectivity index (χ1) is 6.27.